The van der Waals surface area contributed by atoms with Crippen LogP contribution in [0.25, 0.3) is 0 Å². The number of nitrogens with one attached hydrogen (secondary N) is 1. The molecule has 3 rings (SSSR count). The van der Waals surface area contributed by atoms with Crippen molar-refractivity contribution in [2.24, 2.45) is 0 Å². The maximum Gasteiger partial charge on any atom is 0.252 e. The zero-order valence-corrected chi connectivity index (χ0v) is 15.0. The third-order valence-corrected chi connectivity index (χ3v) is 4.56. The number of Topliss-reactive ketones (excluding diaryl/α,β-unsaturated/α-hetero) is 1. The minimum absolute atomic E-state index is 0.186. The van der Waals surface area contributed by atoms with Crippen molar-refractivity contribution in [3.8, 4) is 5.75 Å². The molecular weight excluding hydrogens is 356 g/mol. The Bertz CT molecular complexity index is 906. The highest BCUT2D eigenvalue weighted by atomic mass is 19.1. The predicted molar refractivity (Wildman–Crippen MR) is 93.7 cm³/mol. The number of fused-ring (bicyclic) bond motifs is 1. The first-order chi connectivity index (χ1) is 12.6. The van der Waals surface area contributed by atoms with Gasteiger partial charge in [0.15, 0.2) is 5.78 Å². The molecule has 0 unspecified atom stereocenters. The number of benzene rings is 2. The summed E-state index contributed by atoms with van der Waals surface area (Å²) in [4.78, 5) is 24.2. The van der Waals surface area contributed by atoms with Gasteiger partial charge in [0.05, 0.1) is 6.04 Å². The van der Waals surface area contributed by atoms with Crippen molar-refractivity contribution in [1.82, 2.24) is 5.32 Å². The molecule has 1 heterocycles. The fourth-order valence-corrected chi connectivity index (χ4v) is 3.08. The van der Waals surface area contributed by atoms with E-state index in [1.807, 2.05) is 0 Å². The van der Waals surface area contributed by atoms with Crippen LogP contribution in [-0.4, -0.2) is 28.5 Å². The minimum Gasteiger partial charge on any atom is -0.485 e. The van der Waals surface area contributed by atoms with Gasteiger partial charge in [-0.1, -0.05) is 0 Å². The number of hydrogen-bond donors (Lipinski definition) is 2. The van der Waals surface area contributed by atoms with Crippen molar-refractivity contribution in [3.05, 3.63) is 64.7 Å². The molecule has 0 aromatic heterocycles. The summed E-state index contributed by atoms with van der Waals surface area (Å²) in [5, 5.41) is 13.3. The SMILES string of the molecule is CC(=O)c1ccc2c(c1)[C@@H](NC(=O)c1cc(F)cc(F)c1)[C@H](O)C(C)(C)O2. The lowest BCUT2D eigenvalue weighted by Crippen LogP contribution is -2.53. The fourth-order valence-electron chi connectivity index (χ4n) is 3.08. The molecule has 0 radical (unpaired) electrons. The molecule has 7 heteroatoms. The van der Waals surface area contributed by atoms with Gasteiger partial charge in [0.25, 0.3) is 5.91 Å². The van der Waals surface area contributed by atoms with Crippen LogP contribution in [-0.2, 0) is 0 Å². The highest BCUT2D eigenvalue weighted by Gasteiger charge is 2.43. The summed E-state index contributed by atoms with van der Waals surface area (Å²) in [6.45, 7) is 4.70. The third kappa shape index (κ3) is 3.68. The summed E-state index contributed by atoms with van der Waals surface area (Å²) in [6, 6.07) is 6.27. The van der Waals surface area contributed by atoms with E-state index in [1.165, 1.54) is 13.0 Å². The maximum absolute atomic E-state index is 13.4. The minimum atomic E-state index is -1.16. The first-order valence-corrected chi connectivity index (χ1v) is 8.37. The van der Waals surface area contributed by atoms with Crippen molar-refractivity contribution in [2.75, 3.05) is 0 Å². The Morgan fingerprint density at radius 3 is 2.30 bits per heavy atom. The number of amides is 1. The second kappa shape index (κ2) is 6.74. The highest BCUT2D eigenvalue weighted by molar-refractivity contribution is 5.95. The van der Waals surface area contributed by atoms with Crippen LogP contribution in [0.2, 0.25) is 0 Å². The molecule has 0 saturated heterocycles. The van der Waals surface area contributed by atoms with Crippen LogP contribution in [0.1, 0.15) is 53.1 Å². The Labute approximate surface area is 155 Å². The van der Waals surface area contributed by atoms with Crippen molar-refractivity contribution < 1.29 is 28.2 Å². The molecule has 0 spiro atoms. The molecule has 2 aromatic carbocycles. The lowest BCUT2D eigenvalue weighted by atomic mass is 9.85. The van der Waals surface area contributed by atoms with E-state index in [9.17, 15) is 23.5 Å². The lowest BCUT2D eigenvalue weighted by Gasteiger charge is -2.42. The van der Waals surface area contributed by atoms with Gasteiger partial charge in [0, 0.05) is 22.8 Å². The van der Waals surface area contributed by atoms with Crippen LogP contribution < -0.4 is 10.1 Å². The Kier molecular flexibility index (Phi) is 4.73. The number of ether oxygens (including phenoxy) is 1. The number of rotatable bonds is 3. The summed E-state index contributed by atoms with van der Waals surface area (Å²) < 4.78 is 32.6. The van der Waals surface area contributed by atoms with Gasteiger partial charge in [-0.15, -0.1) is 0 Å². The number of carbonyl (C=O) groups excluding carboxylic acids is 2. The van der Waals surface area contributed by atoms with Crippen LogP contribution >= 0.6 is 0 Å². The summed E-state index contributed by atoms with van der Waals surface area (Å²) in [5.74, 6) is -2.30. The van der Waals surface area contributed by atoms with E-state index in [0.717, 1.165) is 12.1 Å². The molecule has 0 bridgehead atoms. The second-order valence-electron chi connectivity index (χ2n) is 7.07. The number of halogens is 2. The standard InChI is InChI=1S/C20H19F2NO4/c1-10(24)11-4-5-16-15(8-11)17(18(25)20(2,3)27-16)23-19(26)12-6-13(21)9-14(22)7-12/h4-9,17-18,25H,1-3H3,(H,23,26)/t17-,18+/m1/s1. The molecular formula is C20H19F2NO4. The molecule has 1 amide bonds. The highest BCUT2D eigenvalue weighted by Crippen LogP contribution is 2.40. The molecule has 142 valence electrons. The first-order valence-electron chi connectivity index (χ1n) is 8.37. The van der Waals surface area contributed by atoms with Crippen LogP contribution in [0.15, 0.2) is 36.4 Å². The normalized spacial score (nSPS) is 20.4. The van der Waals surface area contributed by atoms with Crippen LogP contribution in [0.3, 0.4) is 0 Å². The van der Waals surface area contributed by atoms with E-state index in [1.54, 1.807) is 26.0 Å². The van der Waals surface area contributed by atoms with Gasteiger partial charge in [0.1, 0.15) is 29.1 Å². The second-order valence-corrected chi connectivity index (χ2v) is 7.07. The molecule has 27 heavy (non-hydrogen) atoms. The summed E-state index contributed by atoms with van der Waals surface area (Å²) in [6.07, 6.45) is -1.16. The van der Waals surface area contributed by atoms with Crippen LogP contribution in [0, 0.1) is 11.6 Å². The van der Waals surface area contributed by atoms with E-state index in [2.05, 4.69) is 5.32 Å². The molecule has 2 aromatic rings. The van der Waals surface area contributed by atoms with Gasteiger partial charge in [-0.3, -0.25) is 9.59 Å². The Morgan fingerprint density at radius 1 is 1.07 bits per heavy atom. The van der Waals surface area contributed by atoms with Crippen molar-refractivity contribution in [1.29, 1.82) is 0 Å². The average Bonchev–Trinajstić information content (AvgIpc) is 2.57. The van der Waals surface area contributed by atoms with Gasteiger partial charge in [-0.25, -0.2) is 8.78 Å². The zero-order chi connectivity index (χ0) is 19.9. The molecule has 0 saturated carbocycles. The van der Waals surface area contributed by atoms with E-state index in [-0.39, 0.29) is 11.3 Å². The fraction of sp³-hybridized carbons (Fsp3) is 0.300. The monoisotopic (exact) mass is 375 g/mol. The summed E-state index contributed by atoms with van der Waals surface area (Å²) in [5.41, 5.74) is -0.441. The first kappa shape index (κ1) is 19.0. The van der Waals surface area contributed by atoms with E-state index in [4.69, 9.17) is 4.74 Å². The Balaban J connectivity index is 2.01. The molecule has 0 fully saturated rings. The molecule has 5 nitrogen and oxygen atoms in total. The van der Waals surface area contributed by atoms with E-state index < -0.39 is 35.3 Å². The Hall–Kier alpha value is -2.80. The van der Waals surface area contributed by atoms with Gasteiger partial charge >= 0.3 is 0 Å². The van der Waals surface area contributed by atoms with Crippen LogP contribution in [0.5, 0.6) is 5.75 Å². The summed E-state index contributed by atoms with van der Waals surface area (Å²) >= 11 is 0. The zero-order valence-electron chi connectivity index (χ0n) is 15.0. The lowest BCUT2D eigenvalue weighted by molar-refractivity contribution is -0.0627. The maximum atomic E-state index is 13.4. The summed E-state index contributed by atoms with van der Waals surface area (Å²) in [7, 11) is 0. The molecule has 2 atom stereocenters. The smallest absolute Gasteiger partial charge is 0.252 e. The van der Waals surface area contributed by atoms with Gasteiger partial charge in [-0.2, -0.15) is 0 Å². The van der Waals surface area contributed by atoms with Gasteiger partial charge in [0.2, 0.25) is 0 Å². The Morgan fingerprint density at radius 2 is 1.70 bits per heavy atom. The van der Waals surface area contributed by atoms with Crippen molar-refractivity contribution >= 4 is 11.7 Å². The van der Waals surface area contributed by atoms with E-state index >= 15 is 0 Å². The number of aliphatic hydroxyl groups is 1. The topological polar surface area (TPSA) is 75.6 Å². The van der Waals surface area contributed by atoms with Crippen LogP contribution in [0.4, 0.5) is 8.78 Å². The predicted octanol–water partition coefficient (Wildman–Crippen LogP) is 3.17. The third-order valence-electron chi connectivity index (χ3n) is 4.56. The molecule has 1 aliphatic rings. The van der Waals surface area contributed by atoms with Crippen molar-refractivity contribution in [3.63, 3.8) is 0 Å². The van der Waals surface area contributed by atoms with Gasteiger partial charge in [-0.05, 0) is 51.1 Å². The number of ketones is 1. The molecule has 2 N–H and O–H groups in total. The van der Waals surface area contributed by atoms with Gasteiger partial charge < -0.3 is 15.2 Å². The van der Waals surface area contributed by atoms with Crippen molar-refractivity contribution in [2.45, 2.75) is 38.5 Å². The molecule has 0 aliphatic carbocycles. The quantitative estimate of drug-likeness (QED) is 0.808. The average molecular weight is 375 g/mol. The molecule has 1 aliphatic heterocycles. The number of carbonyl (C=O) groups is 2. The largest absolute Gasteiger partial charge is 0.485 e. The number of aliphatic hydroxyl groups excluding tert-OH is 1. The number of hydrogen-bond acceptors (Lipinski definition) is 4. The van der Waals surface area contributed by atoms with E-state index in [0.29, 0.717) is 22.9 Å².